The van der Waals surface area contributed by atoms with E-state index in [2.05, 4.69) is 20.9 Å². The molecule has 1 rings (SSSR count). The number of nitrogens with zero attached hydrogens (tertiary/aromatic N) is 2. The van der Waals surface area contributed by atoms with Gasteiger partial charge in [-0.3, -0.25) is 0 Å². The van der Waals surface area contributed by atoms with Crippen LogP contribution in [0.5, 0.6) is 0 Å². The van der Waals surface area contributed by atoms with Crippen molar-refractivity contribution in [2.75, 3.05) is 0 Å². The molecule has 0 radical (unpaired) electrons. The lowest BCUT2D eigenvalue weighted by Crippen LogP contribution is -1.86. The molecule has 0 saturated heterocycles. The Bertz CT molecular complexity index is 272. The summed E-state index contributed by atoms with van der Waals surface area (Å²) in [6.45, 7) is 0. The van der Waals surface area contributed by atoms with E-state index in [-0.39, 0.29) is 10.2 Å². The average molecular weight is 201 g/mol. The molecule has 0 unspecified atom stereocenters. The van der Waals surface area contributed by atoms with Crippen molar-refractivity contribution >= 4 is 15.9 Å². The highest BCUT2D eigenvalue weighted by molar-refractivity contribution is 9.10. The summed E-state index contributed by atoms with van der Waals surface area (Å²) in [6.07, 6.45) is 1.29. The first-order chi connectivity index (χ1) is 4.75. The number of aromatic nitrogens is 1. The van der Waals surface area contributed by atoms with Gasteiger partial charge in [0.05, 0.1) is 0 Å². The molecule has 4 heteroatoms. The van der Waals surface area contributed by atoms with E-state index in [0.717, 1.165) is 6.07 Å². The molecule has 0 bridgehead atoms. The van der Waals surface area contributed by atoms with E-state index in [1.54, 1.807) is 6.07 Å². The van der Waals surface area contributed by atoms with Crippen LogP contribution in [0.4, 0.5) is 4.39 Å². The number of halogens is 2. The predicted molar refractivity (Wildman–Crippen MR) is 36.6 cm³/mol. The van der Waals surface area contributed by atoms with Crippen molar-refractivity contribution in [3.05, 3.63) is 28.2 Å². The molecule has 0 fully saturated rings. The van der Waals surface area contributed by atoms with E-state index in [0.29, 0.717) is 0 Å². The molecule has 0 saturated carbocycles. The van der Waals surface area contributed by atoms with Crippen LogP contribution in [-0.2, 0) is 0 Å². The van der Waals surface area contributed by atoms with Crippen LogP contribution >= 0.6 is 15.9 Å². The lowest BCUT2D eigenvalue weighted by molar-refractivity contribution is 0.620. The highest BCUT2D eigenvalue weighted by atomic mass is 79.9. The molecule has 2 nitrogen and oxygen atoms in total. The molecule has 0 amide bonds. The fraction of sp³-hybridized carbons (Fsp3) is 0. The van der Waals surface area contributed by atoms with Crippen LogP contribution < -0.4 is 0 Å². The molecule has 50 valence electrons. The van der Waals surface area contributed by atoms with Crippen molar-refractivity contribution in [3.63, 3.8) is 0 Å². The third-order valence-electron chi connectivity index (χ3n) is 0.966. The zero-order valence-corrected chi connectivity index (χ0v) is 6.39. The maximum atomic E-state index is 12.6. The van der Waals surface area contributed by atoms with Crippen molar-refractivity contribution in [2.45, 2.75) is 0 Å². The minimum absolute atomic E-state index is 0.0532. The van der Waals surface area contributed by atoms with Gasteiger partial charge in [0, 0.05) is 6.20 Å². The summed E-state index contributed by atoms with van der Waals surface area (Å²) in [6, 6.07) is 2.82. The third kappa shape index (κ3) is 1.14. The van der Waals surface area contributed by atoms with Crippen LogP contribution in [0.3, 0.4) is 0 Å². The van der Waals surface area contributed by atoms with Gasteiger partial charge in [-0.05, 0) is 22.0 Å². The smallest absolute Gasteiger partial charge is 0.145 e. The number of pyridine rings is 1. The molecule has 0 spiro atoms. The Balaban J connectivity index is 3.34. The van der Waals surface area contributed by atoms with Gasteiger partial charge in [0.15, 0.2) is 0 Å². The Labute approximate surface area is 65.4 Å². The van der Waals surface area contributed by atoms with Crippen molar-refractivity contribution in [2.24, 2.45) is 0 Å². The third-order valence-corrected chi connectivity index (χ3v) is 1.57. The number of nitriles is 1. The Hall–Kier alpha value is -0.950. The molecule has 1 heterocycles. The fourth-order valence-electron chi connectivity index (χ4n) is 0.514. The van der Waals surface area contributed by atoms with E-state index < -0.39 is 5.82 Å². The van der Waals surface area contributed by atoms with E-state index in [1.807, 2.05) is 0 Å². The predicted octanol–water partition coefficient (Wildman–Crippen LogP) is 1.85. The standard InChI is InChI=1S/C6H2BrFN2/c7-6-4(3-9)5(8)1-2-10-6/h1-2H. The van der Waals surface area contributed by atoms with Crippen LogP contribution in [-0.4, -0.2) is 4.98 Å². The summed E-state index contributed by atoms with van der Waals surface area (Å²) in [5.74, 6) is -0.552. The molecule has 0 aliphatic heterocycles. The number of hydrogen-bond acceptors (Lipinski definition) is 2. The summed E-state index contributed by atoms with van der Waals surface area (Å²) in [4.78, 5) is 3.66. The SMILES string of the molecule is N#Cc1c(F)ccnc1Br. The summed E-state index contributed by atoms with van der Waals surface area (Å²) in [5.41, 5.74) is -0.0532. The Morgan fingerprint density at radius 2 is 2.40 bits per heavy atom. The van der Waals surface area contributed by atoms with E-state index >= 15 is 0 Å². The van der Waals surface area contributed by atoms with Crippen LogP contribution in [0.1, 0.15) is 5.56 Å². The average Bonchev–Trinajstić information content (AvgIpc) is 1.88. The number of rotatable bonds is 0. The Morgan fingerprint density at radius 3 is 2.80 bits per heavy atom. The molecular formula is C6H2BrFN2. The van der Waals surface area contributed by atoms with Gasteiger partial charge in [-0.1, -0.05) is 0 Å². The molecule has 0 aliphatic carbocycles. The van der Waals surface area contributed by atoms with Gasteiger partial charge in [-0.15, -0.1) is 0 Å². The second kappa shape index (κ2) is 2.76. The van der Waals surface area contributed by atoms with Crippen molar-refractivity contribution in [1.82, 2.24) is 4.98 Å². The van der Waals surface area contributed by atoms with Gasteiger partial charge in [0.2, 0.25) is 0 Å². The molecule has 1 aromatic heterocycles. The molecule has 0 atom stereocenters. The van der Waals surface area contributed by atoms with E-state index in [1.165, 1.54) is 6.20 Å². The van der Waals surface area contributed by atoms with E-state index in [9.17, 15) is 4.39 Å². The summed E-state index contributed by atoms with van der Waals surface area (Å²) in [5, 5.41) is 8.34. The van der Waals surface area contributed by atoms with Crippen LogP contribution in [0.2, 0.25) is 0 Å². The fourth-order valence-corrected chi connectivity index (χ4v) is 0.910. The summed E-state index contributed by atoms with van der Waals surface area (Å²) < 4.78 is 12.8. The summed E-state index contributed by atoms with van der Waals surface area (Å²) in [7, 11) is 0. The maximum Gasteiger partial charge on any atom is 0.145 e. The van der Waals surface area contributed by atoms with Crippen LogP contribution in [0.15, 0.2) is 16.9 Å². The van der Waals surface area contributed by atoms with Gasteiger partial charge >= 0.3 is 0 Å². The molecule has 0 aliphatic rings. The zero-order chi connectivity index (χ0) is 7.56. The normalized spacial score (nSPS) is 8.90. The Morgan fingerprint density at radius 1 is 1.70 bits per heavy atom. The molecule has 0 aromatic carbocycles. The Kier molecular flexibility index (Phi) is 1.97. The summed E-state index contributed by atoms with van der Waals surface area (Å²) >= 11 is 2.93. The molecule has 10 heavy (non-hydrogen) atoms. The van der Waals surface area contributed by atoms with Gasteiger partial charge in [-0.2, -0.15) is 5.26 Å². The second-order valence-electron chi connectivity index (χ2n) is 1.57. The molecule has 0 N–H and O–H groups in total. The minimum Gasteiger partial charge on any atom is -0.248 e. The lowest BCUT2D eigenvalue weighted by Gasteiger charge is -1.92. The van der Waals surface area contributed by atoms with Crippen molar-refractivity contribution in [3.8, 4) is 6.07 Å². The van der Waals surface area contributed by atoms with Crippen molar-refractivity contribution < 1.29 is 4.39 Å². The molecule has 1 aromatic rings. The zero-order valence-electron chi connectivity index (χ0n) is 4.81. The monoisotopic (exact) mass is 200 g/mol. The van der Waals surface area contributed by atoms with Crippen LogP contribution in [0.25, 0.3) is 0 Å². The first-order valence-corrected chi connectivity index (χ1v) is 3.25. The van der Waals surface area contributed by atoms with Crippen LogP contribution in [0, 0.1) is 17.1 Å². The van der Waals surface area contributed by atoms with Gasteiger partial charge in [-0.25, -0.2) is 9.37 Å². The van der Waals surface area contributed by atoms with Gasteiger partial charge < -0.3 is 0 Å². The highest BCUT2D eigenvalue weighted by Crippen LogP contribution is 2.14. The van der Waals surface area contributed by atoms with Gasteiger partial charge in [0.25, 0.3) is 0 Å². The van der Waals surface area contributed by atoms with Crippen molar-refractivity contribution in [1.29, 1.82) is 5.26 Å². The second-order valence-corrected chi connectivity index (χ2v) is 2.32. The maximum absolute atomic E-state index is 12.6. The largest absolute Gasteiger partial charge is 0.248 e. The topological polar surface area (TPSA) is 36.7 Å². The lowest BCUT2D eigenvalue weighted by atomic mass is 10.3. The quantitative estimate of drug-likeness (QED) is 0.600. The first-order valence-electron chi connectivity index (χ1n) is 2.46. The highest BCUT2D eigenvalue weighted by Gasteiger charge is 2.04. The minimum atomic E-state index is -0.552. The van der Waals surface area contributed by atoms with Gasteiger partial charge in [0.1, 0.15) is 22.1 Å². The molecular weight excluding hydrogens is 199 g/mol. The first kappa shape index (κ1) is 7.16. The van der Waals surface area contributed by atoms with E-state index in [4.69, 9.17) is 5.26 Å². The number of hydrogen-bond donors (Lipinski definition) is 0.